The number of hydrogen-bond acceptors (Lipinski definition) is 8. The predicted octanol–water partition coefficient (Wildman–Crippen LogP) is 4.55. The number of halogens is 3. The van der Waals surface area contributed by atoms with Crippen molar-refractivity contribution in [1.29, 1.82) is 0 Å². The fourth-order valence-corrected chi connectivity index (χ4v) is 6.00. The number of nitrogens with one attached hydrogen (secondary N) is 2. The van der Waals surface area contributed by atoms with Gasteiger partial charge in [-0.15, -0.1) is 10.2 Å². The molecule has 0 saturated heterocycles. The minimum atomic E-state index is -4.64. The molecule has 0 bridgehead atoms. The van der Waals surface area contributed by atoms with Gasteiger partial charge in [0.25, 0.3) is 5.91 Å². The Morgan fingerprint density at radius 1 is 1.11 bits per heavy atom. The zero-order chi connectivity index (χ0) is 31.2. The van der Waals surface area contributed by atoms with Crippen LogP contribution in [0.3, 0.4) is 0 Å². The quantitative estimate of drug-likeness (QED) is 0.269. The molecule has 1 aliphatic heterocycles. The number of aryl methyl sites for hydroxylation is 2. The van der Waals surface area contributed by atoms with Crippen LogP contribution in [0.1, 0.15) is 53.2 Å². The van der Waals surface area contributed by atoms with Crippen molar-refractivity contribution in [2.75, 3.05) is 30.4 Å². The Bertz CT molecular complexity index is 1700. The van der Waals surface area contributed by atoms with Crippen LogP contribution >= 0.6 is 0 Å². The number of rotatable bonds is 10. The monoisotopic (exact) mass is 609 g/mol. The molecule has 3 aromatic heterocycles. The highest BCUT2D eigenvalue weighted by atomic mass is 19.4. The fraction of sp³-hybridized carbons (Fsp3) is 0.433. The molecule has 232 valence electrons. The number of anilines is 2. The molecule has 1 aromatic carbocycles. The summed E-state index contributed by atoms with van der Waals surface area (Å²) < 4.78 is 52.1. The number of alkyl halides is 3. The number of nitrogens with zero attached hydrogens (tertiary/aromatic N) is 7. The van der Waals surface area contributed by atoms with Crippen LogP contribution in [-0.2, 0) is 38.1 Å². The molecular weight excluding hydrogens is 575 g/mol. The van der Waals surface area contributed by atoms with E-state index in [4.69, 9.17) is 4.74 Å². The molecule has 4 heterocycles. The van der Waals surface area contributed by atoms with E-state index in [0.29, 0.717) is 47.1 Å². The molecule has 1 fully saturated rings. The number of ether oxygens (including phenoxy) is 1. The topological polar surface area (TPSA) is 115 Å². The van der Waals surface area contributed by atoms with E-state index in [1.54, 1.807) is 48.1 Å². The van der Waals surface area contributed by atoms with E-state index in [-0.39, 0.29) is 35.6 Å². The lowest BCUT2D eigenvalue weighted by Gasteiger charge is -2.40. The van der Waals surface area contributed by atoms with Gasteiger partial charge in [-0.2, -0.15) is 18.3 Å². The Morgan fingerprint density at radius 3 is 2.55 bits per heavy atom. The number of benzene rings is 1. The summed E-state index contributed by atoms with van der Waals surface area (Å²) >= 11 is 0. The molecule has 2 aliphatic rings. The molecule has 0 atom stereocenters. The van der Waals surface area contributed by atoms with Gasteiger partial charge < -0.3 is 19.9 Å². The fourth-order valence-electron chi connectivity index (χ4n) is 6.00. The van der Waals surface area contributed by atoms with Gasteiger partial charge in [-0.1, -0.05) is 0 Å². The highest BCUT2D eigenvalue weighted by Gasteiger charge is 2.41. The largest absolute Gasteiger partial charge is 0.416 e. The van der Waals surface area contributed by atoms with Gasteiger partial charge in [0.1, 0.15) is 18.0 Å². The minimum Gasteiger partial charge on any atom is -0.377 e. The third-order valence-corrected chi connectivity index (χ3v) is 8.49. The number of methoxy groups -OCH3 is 1. The zero-order valence-corrected chi connectivity index (χ0v) is 25.0. The second kappa shape index (κ2) is 11.3. The summed E-state index contributed by atoms with van der Waals surface area (Å²) in [5.74, 6) is 0.749. The number of aromatic nitrogens is 6. The number of carbonyl (C=O) groups is 1. The second-order valence-corrected chi connectivity index (χ2v) is 11.3. The van der Waals surface area contributed by atoms with E-state index in [1.165, 1.54) is 4.90 Å². The molecule has 4 aromatic rings. The van der Waals surface area contributed by atoms with E-state index in [9.17, 15) is 18.0 Å². The summed E-state index contributed by atoms with van der Waals surface area (Å²) in [6.07, 6.45) is 1.49. The summed E-state index contributed by atoms with van der Waals surface area (Å²) in [5, 5.41) is 19.0. The summed E-state index contributed by atoms with van der Waals surface area (Å²) in [7, 11) is 5.25. The summed E-state index contributed by atoms with van der Waals surface area (Å²) in [5.41, 5.74) is 1.32. The maximum Gasteiger partial charge on any atom is 0.416 e. The standard InChI is InChI=1S/C30H34F3N9O2/c1-5-35-24-11-19(26-21(14-37-41(26)3)27-39-36-17-40(27)2)12-25(38-24)42-15-22-20(28(42)43)9-18(10-23(22)30(31,32)33)13-34-16-29(44-4)7-6-8-29/h9-12,14,17,34H,5-8,13,15-16H2,1-4H3,(H,35,38). The first-order valence-corrected chi connectivity index (χ1v) is 14.5. The smallest absolute Gasteiger partial charge is 0.377 e. The highest BCUT2D eigenvalue weighted by molar-refractivity contribution is 6.10. The number of amides is 1. The molecule has 6 rings (SSSR count). The van der Waals surface area contributed by atoms with Crippen molar-refractivity contribution in [3.63, 3.8) is 0 Å². The first kappa shape index (κ1) is 29.8. The number of hydrogen-bond donors (Lipinski definition) is 2. The lowest BCUT2D eigenvalue weighted by molar-refractivity contribution is -0.138. The number of carbonyl (C=O) groups excluding carboxylic acids is 1. The Hall–Kier alpha value is -4.30. The van der Waals surface area contributed by atoms with Gasteiger partial charge >= 0.3 is 6.18 Å². The van der Waals surface area contributed by atoms with Crippen LogP contribution < -0.4 is 15.5 Å². The first-order valence-electron chi connectivity index (χ1n) is 14.5. The maximum absolute atomic E-state index is 14.4. The van der Waals surface area contributed by atoms with Crippen molar-refractivity contribution >= 4 is 17.5 Å². The van der Waals surface area contributed by atoms with E-state index in [0.717, 1.165) is 25.3 Å². The third-order valence-electron chi connectivity index (χ3n) is 8.49. The lowest BCUT2D eigenvalue weighted by Crippen LogP contribution is -2.47. The van der Waals surface area contributed by atoms with Crippen molar-refractivity contribution in [2.24, 2.45) is 14.1 Å². The SMILES string of the molecule is CCNc1cc(-c2c(-c3nncn3C)cnn2C)cc(N2Cc3c(cc(CNCC4(OC)CCC4)cc3C(F)(F)F)C2=O)n1. The van der Waals surface area contributed by atoms with Crippen LogP contribution in [0.2, 0.25) is 0 Å². The van der Waals surface area contributed by atoms with Crippen molar-refractivity contribution in [3.8, 4) is 22.6 Å². The van der Waals surface area contributed by atoms with Crippen LogP contribution in [-0.4, -0.2) is 61.2 Å². The van der Waals surface area contributed by atoms with Crippen molar-refractivity contribution in [2.45, 2.75) is 51.1 Å². The van der Waals surface area contributed by atoms with E-state index in [2.05, 4.69) is 30.9 Å². The molecule has 0 spiro atoms. The van der Waals surface area contributed by atoms with Crippen LogP contribution in [0, 0.1) is 0 Å². The van der Waals surface area contributed by atoms with Gasteiger partial charge in [0.2, 0.25) is 0 Å². The van der Waals surface area contributed by atoms with Gasteiger partial charge in [-0.25, -0.2) is 4.98 Å². The molecule has 1 amide bonds. The highest BCUT2D eigenvalue weighted by Crippen LogP contribution is 2.41. The molecule has 14 heteroatoms. The first-order chi connectivity index (χ1) is 21.0. The van der Waals surface area contributed by atoms with Gasteiger partial charge in [0.15, 0.2) is 5.82 Å². The summed E-state index contributed by atoms with van der Waals surface area (Å²) in [6, 6.07) is 6.21. The van der Waals surface area contributed by atoms with E-state index < -0.39 is 17.6 Å². The number of fused-ring (bicyclic) bond motifs is 1. The van der Waals surface area contributed by atoms with Crippen LogP contribution in [0.15, 0.2) is 36.8 Å². The van der Waals surface area contributed by atoms with Crippen LogP contribution in [0.25, 0.3) is 22.6 Å². The molecular formula is C30H34F3N9O2. The van der Waals surface area contributed by atoms with E-state index >= 15 is 0 Å². The van der Waals surface area contributed by atoms with Crippen molar-refractivity contribution in [1.82, 2.24) is 34.8 Å². The average Bonchev–Trinajstić information content (AvgIpc) is 3.65. The molecule has 0 radical (unpaired) electrons. The van der Waals surface area contributed by atoms with Crippen LogP contribution in [0.5, 0.6) is 0 Å². The van der Waals surface area contributed by atoms with Crippen molar-refractivity contribution in [3.05, 3.63) is 59.0 Å². The minimum absolute atomic E-state index is 0.0271. The lowest BCUT2D eigenvalue weighted by atomic mass is 9.80. The number of pyridine rings is 1. The van der Waals surface area contributed by atoms with Gasteiger partial charge in [0.05, 0.1) is 35.2 Å². The Morgan fingerprint density at radius 2 is 1.91 bits per heavy atom. The normalized spacial score (nSPS) is 15.9. The summed E-state index contributed by atoms with van der Waals surface area (Å²) in [6.45, 7) is 2.90. The molecule has 0 unspecified atom stereocenters. The average molecular weight is 610 g/mol. The Kier molecular flexibility index (Phi) is 7.66. The van der Waals surface area contributed by atoms with Gasteiger partial charge in [-0.3, -0.25) is 14.4 Å². The maximum atomic E-state index is 14.4. The predicted molar refractivity (Wildman–Crippen MR) is 158 cm³/mol. The Balaban J connectivity index is 1.36. The van der Waals surface area contributed by atoms with Crippen molar-refractivity contribution < 1.29 is 22.7 Å². The molecule has 2 N–H and O–H groups in total. The van der Waals surface area contributed by atoms with Crippen LogP contribution in [0.4, 0.5) is 24.8 Å². The molecule has 1 aliphatic carbocycles. The third kappa shape index (κ3) is 5.32. The molecule has 44 heavy (non-hydrogen) atoms. The molecule has 1 saturated carbocycles. The van der Waals surface area contributed by atoms with E-state index in [1.807, 2.05) is 20.0 Å². The summed E-state index contributed by atoms with van der Waals surface area (Å²) in [4.78, 5) is 19.7. The molecule has 11 nitrogen and oxygen atoms in total. The Labute approximate surface area is 252 Å². The van der Waals surface area contributed by atoms with Gasteiger partial charge in [0, 0.05) is 52.0 Å². The second-order valence-electron chi connectivity index (χ2n) is 11.3. The van der Waals surface area contributed by atoms with Gasteiger partial charge in [-0.05, 0) is 61.6 Å². The zero-order valence-electron chi connectivity index (χ0n) is 25.0.